The topological polar surface area (TPSA) is 46.2 Å². The maximum absolute atomic E-state index is 13.6. The number of halogens is 4. The molecule has 1 fully saturated rings. The molecule has 2 rings (SSSR count). The van der Waals surface area contributed by atoms with Gasteiger partial charge in [0.2, 0.25) is 10.0 Å². The van der Waals surface area contributed by atoms with Crippen molar-refractivity contribution in [3.05, 3.63) is 28.0 Å². The van der Waals surface area contributed by atoms with Crippen molar-refractivity contribution < 1.29 is 12.8 Å². The Labute approximate surface area is 138 Å². The highest BCUT2D eigenvalue weighted by atomic mass is 35.5. The lowest BCUT2D eigenvalue weighted by Gasteiger charge is -2.25. The normalized spacial score (nSPS) is 23.2. The van der Waals surface area contributed by atoms with E-state index in [1.165, 1.54) is 12.1 Å². The molecule has 1 aromatic carbocycles. The fourth-order valence-electron chi connectivity index (χ4n) is 2.43. The quantitative estimate of drug-likeness (QED) is 0.634. The Morgan fingerprint density at radius 1 is 1.29 bits per heavy atom. The molecular weight excluding hydrogens is 360 g/mol. The van der Waals surface area contributed by atoms with E-state index in [4.69, 9.17) is 34.8 Å². The van der Waals surface area contributed by atoms with Gasteiger partial charge >= 0.3 is 0 Å². The maximum atomic E-state index is 13.6. The molecule has 1 aromatic rings. The first-order chi connectivity index (χ1) is 9.81. The van der Waals surface area contributed by atoms with Crippen molar-refractivity contribution in [2.75, 3.05) is 6.54 Å². The van der Waals surface area contributed by atoms with Crippen LogP contribution in [0.5, 0.6) is 0 Å². The van der Waals surface area contributed by atoms with Gasteiger partial charge in [0.25, 0.3) is 0 Å². The van der Waals surface area contributed by atoms with Gasteiger partial charge in [-0.1, -0.05) is 29.6 Å². The summed E-state index contributed by atoms with van der Waals surface area (Å²) in [7, 11) is -3.87. The minimum Gasteiger partial charge on any atom is -0.211 e. The number of benzene rings is 1. The van der Waals surface area contributed by atoms with Gasteiger partial charge in [-0.25, -0.2) is 17.5 Å². The van der Waals surface area contributed by atoms with E-state index in [2.05, 4.69) is 4.72 Å². The first kappa shape index (κ1) is 17.3. The molecule has 0 aliphatic heterocycles. The molecule has 1 aliphatic rings. The van der Waals surface area contributed by atoms with Crippen LogP contribution in [0.25, 0.3) is 0 Å². The third-order valence-electron chi connectivity index (χ3n) is 3.57. The molecule has 0 spiro atoms. The highest BCUT2D eigenvalue weighted by Crippen LogP contribution is 2.30. The van der Waals surface area contributed by atoms with Crippen LogP contribution in [0.3, 0.4) is 0 Å². The smallest absolute Gasteiger partial charge is 0.211 e. The zero-order valence-electron chi connectivity index (χ0n) is 11.1. The fourth-order valence-corrected chi connectivity index (χ4v) is 4.70. The second kappa shape index (κ2) is 7.01. The molecule has 118 valence electrons. The number of hydrogen-bond acceptors (Lipinski definition) is 2. The molecule has 8 heteroatoms. The van der Waals surface area contributed by atoms with Gasteiger partial charge in [-0.05, 0) is 37.3 Å². The summed E-state index contributed by atoms with van der Waals surface area (Å²) in [5, 5.41) is -0.616. The molecule has 0 radical (unpaired) electrons. The number of nitrogens with one attached hydrogen (secondary N) is 1. The van der Waals surface area contributed by atoms with Gasteiger partial charge in [-0.3, -0.25) is 0 Å². The summed E-state index contributed by atoms with van der Waals surface area (Å²) >= 11 is 17.4. The summed E-state index contributed by atoms with van der Waals surface area (Å²) in [5.41, 5.74) is 0. The first-order valence-corrected chi connectivity index (χ1v) is 9.26. The molecule has 0 saturated heterocycles. The highest BCUT2D eigenvalue weighted by molar-refractivity contribution is 7.89. The summed E-state index contributed by atoms with van der Waals surface area (Å²) in [4.78, 5) is -0.302. The van der Waals surface area contributed by atoms with Crippen LogP contribution in [0.2, 0.25) is 10.0 Å². The van der Waals surface area contributed by atoms with Crippen LogP contribution in [0.15, 0.2) is 17.0 Å². The molecule has 21 heavy (non-hydrogen) atoms. The first-order valence-electron chi connectivity index (χ1n) is 6.58. The van der Waals surface area contributed by atoms with Crippen LogP contribution < -0.4 is 4.72 Å². The molecule has 0 heterocycles. The van der Waals surface area contributed by atoms with E-state index in [0.717, 1.165) is 25.7 Å². The van der Waals surface area contributed by atoms with Crippen LogP contribution in [0.4, 0.5) is 4.39 Å². The van der Waals surface area contributed by atoms with Crippen LogP contribution in [-0.4, -0.2) is 20.3 Å². The Balaban J connectivity index is 2.10. The summed E-state index contributed by atoms with van der Waals surface area (Å²) in [6.45, 7) is 0.270. The molecule has 1 saturated carbocycles. The van der Waals surface area contributed by atoms with Crippen LogP contribution >= 0.6 is 34.8 Å². The summed E-state index contributed by atoms with van der Waals surface area (Å²) < 4.78 is 40.5. The number of sulfonamides is 1. The van der Waals surface area contributed by atoms with E-state index in [0.29, 0.717) is 0 Å². The SMILES string of the molecule is O=S(=O)(NCC1CCCC(Cl)C1)c1ccc(Cl)c(F)c1Cl. The number of hydrogen-bond donors (Lipinski definition) is 1. The average Bonchev–Trinajstić information content (AvgIpc) is 2.43. The Morgan fingerprint density at radius 2 is 2.00 bits per heavy atom. The van der Waals surface area contributed by atoms with E-state index in [1.54, 1.807) is 0 Å². The molecule has 0 bridgehead atoms. The van der Waals surface area contributed by atoms with Crippen molar-refractivity contribution in [2.45, 2.75) is 36.0 Å². The monoisotopic (exact) mass is 373 g/mol. The molecule has 2 atom stereocenters. The zero-order chi connectivity index (χ0) is 15.6. The van der Waals surface area contributed by atoms with E-state index in [1.807, 2.05) is 0 Å². The predicted molar refractivity (Wildman–Crippen MR) is 83.2 cm³/mol. The van der Waals surface area contributed by atoms with Gasteiger partial charge in [-0.2, -0.15) is 0 Å². The van der Waals surface area contributed by atoms with Crippen molar-refractivity contribution in [1.82, 2.24) is 4.72 Å². The van der Waals surface area contributed by atoms with Gasteiger partial charge < -0.3 is 0 Å². The van der Waals surface area contributed by atoms with Crippen molar-refractivity contribution in [1.29, 1.82) is 0 Å². The summed E-state index contributed by atoms with van der Waals surface area (Å²) in [6.07, 6.45) is 3.64. The van der Waals surface area contributed by atoms with Gasteiger partial charge in [0, 0.05) is 11.9 Å². The molecule has 2 unspecified atom stereocenters. The maximum Gasteiger partial charge on any atom is 0.242 e. The van der Waals surface area contributed by atoms with Gasteiger partial charge in [0.15, 0.2) is 5.82 Å². The second-order valence-corrected chi connectivity index (χ2v) is 8.29. The minimum atomic E-state index is -3.87. The lowest BCUT2D eigenvalue weighted by molar-refractivity contribution is 0.361. The van der Waals surface area contributed by atoms with E-state index in [9.17, 15) is 12.8 Å². The standard InChI is InChI=1S/C13H15Cl3FNO2S/c14-9-3-1-2-8(6-9)7-18-21(19,20)11-5-4-10(15)13(17)12(11)16/h4-5,8-9,18H,1-3,6-7H2. The van der Waals surface area contributed by atoms with E-state index < -0.39 is 20.9 Å². The van der Waals surface area contributed by atoms with Gasteiger partial charge in [0.1, 0.15) is 4.90 Å². The molecule has 1 N–H and O–H groups in total. The van der Waals surface area contributed by atoms with Gasteiger partial charge in [-0.15, -0.1) is 11.6 Å². The zero-order valence-corrected chi connectivity index (χ0v) is 14.2. The average molecular weight is 375 g/mol. The third kappa shape index (κ3) is 4.23. The Morgan fingerprint density at radius 3 is 2.67 bits per heavy atom. The van der Waals surface area contributed by atoms with Crippen LogP contribution in [0, 0.1) is 11.7 Å². The molecule has 0 amide bonds. The lowest BCUT2D eigenvalue weighted by atomic mass is 9.89. The predicted octanol–water partition coefficient (Wildman–Crippen LogP) is 4.21. The summed E-state index contributed by atoms with van der Waals surface area (Å²) in [6, 6.07) is 2.37. The van der Waals surface area contributed by atoms with Crippen molar-refractivity contribution >= 4 is 44.8 Å². The van der Waals surface area contributed by atoms with Crippen LogP contribution in [0.1, 0.15) is 25.7 Å². The van der Waals surface area contributed by atoms with Crippen molar-refractivity contribution in [3.63, 3.8) is 0 Å². The minimum absolute atomic E-state index is 0.0878. The fraction of sp³-hybridized carbons (Fsp3) is 0.538. The number of rotatable bonds is 4. The van der Waals surface area contributed by atoms with Crippen LogP contribution in [-0.2, 0) is 10.0 Å². The van der Waals surface area contributed by atoms with Crippen molar-refractivity contribution in [2.24, 2.45) is 5.92 Å². The molecule has 1 aliphatic carbocycles. The largest absolute Gasteiger partial charge is 0.242 e. The van der Waals surface area contributed by atoms with E-state index in [-0.39, 0.29) is 27.8 Å². The lowest BCUT2D eigenvalue weighted by Crippen LogP contribution is -2.32. The van der Waals surface area contributed by atoms with Gasteiger partial charge in [0.05, 0.1) is 10.0 Å². The Hall–Kier alpha value is -0.0700. The third-order valence-corrected chi connectivity index (χ3v) is 6.21. The molecule has 0 aromatic heterocycles. The highest BCUT2D eigenvalue weighted by Gasteiger charge is 2.25. The number of alkyl halides is 1. The van der Waals surface area contributed by atoms with E-state index >= 15 is 0 Å². The Kier molecular flexibility index (Phi) is 5.77. The molecule has 3 nitrogen and oxygen atoms in total. The van der Waals surface area contributed by atoms with Crippen molar-refractivity contribution in [3.8, 4) is 0 Å². The Bertz CT molecular complexity index is 624. The second-order valence-electron chi connectivity index (χ2n) is 5.16. The molecular formula is C13H15Cl3FNO2S. The summed E-state index contributed by atoms with van der Waals surface area (Å²) in [5.74, 6) is -0.744.